The van der Waals surface area contributed by atoms with Crippen molar-refractivity contribution in [3.63, 3.8) is 0 Å². The quantitative estimate of drug-likeness (QED) is 0.0252. The molecule has 0 radical (unpaired) electrons. The first-order valence-corrected chi connectivity index (χ1v) is 25.2. The van der Waals surface area contributed by atoms with Crippen molar-refractivity contribution in [1.29, 1.82) is 0 Å². The third-order valence-electron chi connectivity index (χ3n) is 14.9. The molecular weight excluding hydrogens is 869 g/mol. The predicted octanol–water partition coefficient (Wildman–Crippen LogP) is 7.76. The highest BCUT2D eigenvalue weighted by Gasteiger charge is 2.53. The average molecular weight is 959 g/mol. The Balaban J connectivity index is 1.90. The summed E-state index contributed by atoms with van der Waals surface area (Å²) in [4.78, 5) is 49.0. The Bertz CT molecular complexity index is 1730. The van der Waals surface area contributed by atoms with Gasteiger partial charge in [-0.25, -0.2) is 4.79 Å². The lowest BCUT2D eigenvalue weighted by Crippen LogP contribution is -2.61. The summed E-state index contributed by atoms with van der Waals surface area (Å²) in [5.74, 6) is -5.41. The van der Waals surface area contributed by atoms with Gasteiger partial charge in [-0.05, 0) is 113 Å². The van der Waals surface area contributed by atoms with E-state index in [4.69, 9.17) is 28.4 Å². The number of carbonyl (C=O) groups is 3. The Morgan fingerprint density at radius 2 is 1.60 bits per heavy atom. The molecule has 1 saturated carbocycles. The number of hydrogen-bond donors (Lipinski definition) is 3. The summed E-state index contributed by atoms with van der Waals surface area (Å²) >= 11 is 0. The summed E-state index contributed by atoms with van der Waals surface area (Å²) < 4.78 is 36.1. The van der Waals surface area contributed by atoms with Gasteiger partial charge in [0, 0.05) is 72.4 Å². The molecule has 2 saturated heterocycles. The summed E-state index contributed by atoms with van der Waals surface area (Å²) in [6.07, 6.45) is 11.6. The molecule has 3 aliphatic rings. The van der Waals surface area contributed by atoms with Crippen LogP contribution in [0.15, 0.2) is 53.1 Å². The van der Waals surface area contributed by atoms with Gasteiger partial charge in [-0.2, -0.15) is 0 Å². The number of aliphatic imine (C=N–C) groups is 1. The molecule has 0 aromatic heterocycles. The molecular formula is C54H90N2O12. The number of rotatable bonds is 26. The van der Waals surface area contributed by atoms with Crippen LogP contribution in [-0.4, -0.2) is 146 Å². The number of Topliss-reactive ketones (excluding diaryl/α,β-unsaturated/α-hetero) is 1. The van der Waals surface area contributed by atoms with Gasteiger partial charge in [0.15, 0.2) is 0 Å². The van der Waals surface area contributed by atoms with Crippen molar-refractivity contribution in [2.24, 2.45) is 40.5 Å². The second-order valence-electron chi connectivity index (χ2n) is 20.5. The van der Waals surface area contributed by atoms with Crippen molar-refractivity contribution < 1.29 is 58.1 Å². The van der Waals surface area contributed by atoms with Crippen molar-refractivity contribution in [3.8, 4) is 0 Å². The summed E-state index contributed by atoms with van der Waals surface area (Å²) in [7, 11) is 8.14. The molecule has 0 aromatic rings. The maximum Gasteiger partial charge on any atom is 0.329 e. The van der Waals surface area contributed by atoms with Crippen LogP contribution in [0.1, 0.15) is 132 Å². The fourth-order valence-corrected chi connectivity index (χ4v) is 10.8. The summed E-state index contributed by atoms with van der Waals surface area (Å²) in [5.41, 5.74) is 2.42. The van der Waals surface area contributed by atoms with Crippen molar-refractivity contribution in [2.45, 2.75) is 193 Å². The molecule has 1 amide bonds. The smallest absolute Gasteiger partial charge is 0.329 e. The van der Waals surface area contributed by atoms with E-state index in [2.05, 4.69) is 32.3 Å². The Morgan fingerprint density at radius 1 is 0.897 bits per heavy atom. The number of likely N-dealkylation sites (tertiary alicyclic amines) is 1. The molecule has 68 heavy (non-hydrogen) atoms. The first kappa shape index (κ1) is 59.2. The lowest BCUT2D eigenvalue weighted by atomic mass is 9.78. The van der Waals surface area contributed by atoms with Gasteiger partial charge in [0.1, 0.15) is 24.4 Å². The Labute approximate surface area is 409 Å². The van der Waals surface area contributed by atoms with E-state index in [1.807, 2.05) is 45.9 Å². The molecule has 1 aliphatic carbocycles. The minimum Gasteiger partial charge on any atom is -0.460 e. The van der Waals surface area contributed by atoms with Crippen molar-refractivity contribution in [3.05, 3.63) is 48.1 Å². The molecule has 3 N–H and O–H groups in total. The standard InChI is InChI=1S/C54H90N2O12/c1-15-16-17-20-34(4)44(63-11)31-41-24-22-39(9)54(62,68-41)51(59)52(60)56-26-19-18-21-42(56)53(61)67-46(36(6)29-40-23-25-43(57)47(30-40)65-13)32-45(64-12)35(5)28-38(8)49(58)50(66-14)48(55-10)37(7)27-33(2)3/h15-17,20,28,33,35-37,39-47,49-50,57-58,62H,1,18-19,21-27,29-32H2,2-14H3/b17-16+,34-20+,38-28+,55-48?/t35-,36-,37-,39-,40+,41+,42+,43-,44+,45-,46+,47-,49-,50+,54-/m1/s1. The fraction of sp³-hybridized carbons (Fsp3) is 0.778. The second-order valence-corrected chi connectivity index (χ2v) is 20.5. The third kappa shape index (κ3) is 16.2. The number of amides is 1. The zero-order valence-corrected chi connectivity index (χ0v) is 43.9. The van der Waals surface area contributed by atoms with Crippen LogP contribution < -0.4 is 0 Å². The maximum atomic E-state index is 14.6. The molecule has 388 valence electrons. The van der Waals surface area contributed by atoms with Gasteiger partial charge in [0.25, 0.3) is 11.7 Å². The van der Waals surface area contributed by atoms with Crippen molar-refractivity contribution in [2.75, 3.05) is 42.0 Å². The molecule has 3 rings (SSSR count). The summed E-state index contributed by atoms with van der Waals surface area (Å²) in [6.45, 7) is 19.8. The number of aliphatic hydroxyl groups is 3. The van der Waals surface area contributed by atoms with E-state index < -0.39 is 72.0 Å². The van der Waals surface area contributed by atoms with Crippen LogP contribution in [-0.2, 0) is 42.8 Å². The third-order valence-corrected chi connectivity index (χ3v) is 14.9. The molecule has 0 spiro atoms. The average Bonchev–Trinajstić information content (AvgIpc) is 3.31. The number of aliphatic hydroxyl groups excluding tert-OH is 2. The minimum absolute atomic E-state index is 0.108. The van der Waals surface area contributed by atoms with Crippen LogP contribution in [0.25, 0.3) is 0 Å². The van der Waals surface area contributed by atoms with Crippen LogP contribution >= 0.6 is 0 Å². The highest BCUT2D eigenvalue weighted by Crippen LogP contribution is 2.38. The van der Waals surface area contributed by atoms with Gasteiger partial charge >= 0.3 is 5.97 Å². The van der Waals surface area contributed by atoms with Crippen molar-refractivity contribution >= 4 is 23.4 Å². The van der Waals surface area contributed by atoms with E-state index in [1.54, 1.807) is 54.6 Å². The number of piperidine rings is 1. The van der Waals surface area contributed by atoms with Gasteiger partial charge in [-0.1, -0.05) is 78.5 Å². The zero-order valence-electron chi connectivity index (χ0n) is 43.9. The number of methoxy groups -OCH3 is 4. The number of esters is 1. The van der Waals surface area contributed by atoms with Gasteiger partial charge in [-0.15, -0.1) is 0 Å². The SMILES string of the molecule is C=C/C=C/C=C(\C)[C@H](C[C@@H]1CC[C@@H](C)[C@](O)(C(=O)C(=O)N2CCCC[C@H]2C(=O)O[C@@H](C[C@@H](OC)[C@H](C)/C=C(\C)[C@@H](O)[C@@H](OC)C(=NC)[C@H](C)CC(C)C)[C@H](C)C[C@@H]2CC[C@@H](O)[C@H](OC)C2)O1)OC. The largest absolute Gasteiger partial charge is 0.460 e. The summed E-state index contributed by atoms with van der Waals surface area (Å²) in [6, 6.07) is -1.06. The lowest BCUT2D eigenvalue weighted by Gasteiger charge is -2.43. The van der Waals surface area contributed by atoms with E-state index in [0.29, 0.717) is 69.3 Å². The molecule has 2 heterocycles. The lowest BCUT2D eigenvalue weighted by molar-refractivity contribution is -0.265. The van der Waals surface area contributed by atoms with Crippen LogP contribution in [0.4, 0.5) is 0 Å². The van der Waals surface area contributed by atoms with E-state index in [1.165, 1.54) is 4.90 Å². The Kier molecular flexibility index (Phi) is 25.0. The number of carbonyl (C=O) groups excluding carboxylic acids is 3. The van der Waals surface area contributed by atoms with Crippen LogP contribution in [0.2, 0.25) is 0 Å². The van der Waals surface area contributed by atoms with Gasteiger partial charge < -0.3 is 48.6 Å². The topological polar surface area (TPSA) is 183 Å². The molecule has 3 fully saturated rings. The van der Waals surface area contributed by atoms with Crippen LogP contribution in [0.5, 0.6) is 0 Å². The fourth-order valence-electron chi connectivity index (χ4n) is 10.8. The monoisotopic (exact) mass is 959 g/mol. The highest BCUT2D eigenvalue weighted by molar-refractivity contribution is 6.39. The first-order chi connectivity index (χ1) is 32.2. The zero-order chi connectivity index (χ0) is 50.9. The number of nitrogens with zero attached hydrogens (tertiary/aromatic N) is 2. The number of allylic oxidation sites excluding steroid dienone is 4. The summed E-state index contributed by atoms with van der Waals surface area (Å²) in [5, 5.41) is 34.2. The normalized spacial score (nSPS) is 29.2. The van der Waals surface area contributed by atoms with Gasteiger partial charge in [0.05, 0.1) is 30.5 Å². The highest BCUT2D eigenvalue weighted by atomic mass is 16.6. The molecule has 0 bridgehead atoms. The minimum atomic E-state index is -2.39. The van der Waals surface area contributed by atoms with Gasteiger partial charge in [0.2, 0.25) is 5.79 Å². The molecule has 2 aliphatic heterocycles. The molecule has 14 nitrogen and oxygen atoms in total. The number of ketones is 1. The molecule has 15 atom stereocenters. The Hall–Kier alpha value is -3.08. The van der Waals surface area contributed by atoms with E-state index in [-0.39, 0.29) is 48.8 Å². The van der Waals surface area contributed by atoms with E-state index >= 15 is 0 Å². The molecule has 14 heteroatoms. The Morgan fingerprint density at radius 3 is 2.21 bits per heavy atom. The van der Waals surface area contributed by atoms with E-state index in [9.17, 15) is 29.7 Å². The second kappa shape index (κ2) is 28.7. The van der Waals surface area contributed by atoms with Gasteiger partial charge in [-0.3, -0.25) is 14.6 Å². The predicted molar refractivity (Wildman–Crippen MR) is 266 cm³/mol. The van der Waals surface area contributed by atoms with Crippen LogP contribution in [0, 0.1) is 35.5 Å². The van der Waals surface area contributed by atoms with Crippen LogP contribution in [0.3, 0.4) is 0 Å². The maximum absolute atomic E-state index is 14.6. The molecule has 0 aromatic carbocycles. The van der Waals surface area contributed by atoms with Crippen molar-refractivity contribution in [1.82, 2.24) is 4.90 Å². The number of ether oxygens (including phenoxy) is 6. The number of hydrogen-bond acceptors (Lipinski definition) is 13. The molecule has 0 unspecified atom stereocenters. The van der Waals surface area contributed by atoms with E-state index in [0.717, 1.165) is 24.1 Å². The first-order valence-electron chi connectivity index (χ1n) is 25.2.